The molecule has 1 aromatic rings. The van der Waals surface area contributed by atoms with E-state index in [1.807, 2.05) is 18.2 Å². The van der Waals surface area contributed by atoms with Gasteiger partial charge in [-0.3, -0.25) is 4.79 Å². The lowest BCUT2D eigenvalue weighted by Crippen LogP contribution is -2.55. The van der Waals surface area contributed by atoms with Crippen molar-refractivity contribution < 1.29 is 4.79 Å². The van der Waals surface area contributed by atoms with Gasteiger partial charge in [0.15, 0.2) is 0 Å². The second kappa shape index (κ2) is 5.64. The van der Waals surface area contributed by atoms with Gasteiger partial charge in [-0.15, -0.1) is 11.6 Å². The molecule has 0 bridgehead atoms. The van der Waals surface area contributed by atoms with Crippen molar-refractivity contribution in [2.75, 3.05) is 5.88 Å². The van der Waals surface area contributed by atoms with Crippen LogP contribution in [0.25, 0.3) is 0 Å². The van der Waals surface area contributed by atoms with Crippen LogP contribution in [0.3, 0.4) is 0 Å². The van der Waals surface area contributed by atoms with E-state index in [-0.39, 0.29) is 16.9 Å². The molecule has 21 heavy (non-hydrogen) atoms. The number of nitrogens with one attached hydrogen (secondary N) is 1. The van der Waals surface area contributed by atoms with Crippen molar-refractivity contribution in [3.05, 3.63) is 35.9 Å². The van der Waals surface area contributed by atoms with Crippen molar-refractivity contribution in [3.63, 3.8) is 0 Å². The van der Waals surface area contributed by atoms with Crippen LogP contribution in [-0.2, 0) is 10.2 Å². The van der Waals surface area contributed by atoms with E-state index in [4.69, 9.17) is 11.6 Å². The van der Waals surface area contributed by atoms with Gasteiger partial charge in [0.1, 0.15) is 0 Å². The summed E-state index contributed by atoms with van der Waals surface area (Å²) >= 11 is 6.25. The number of hydrogen-bond donors (Lipinski definition) is 1. The Morgan fingerprint density at radius 3 is 2.57 bits per heavy atom. The van der Waals surface area contributed by atoms with E-state index in [1.165, 1.54) is 6.42 Å². The standard InChI is InChI=1S/C18H24ClNO/c1-14-6-5-9-17(12-14,13-19)20-16(21)18(10-11-18)15-7-3-2-4-8-15/h2-4,7-8,14H,5-6,9-13H2,1H3,(H,20,21). The first-order chi connectivity index (χ1) is 10.1. The summed E-state index contributed by atoms with van der Waals surface area (Å²) in [5.41, 5.74) is 0.665. The lowest BCUT2D eigenvalue weighted by Gasteiger charge is -2.40. The molecule has 2 aliphatic rings. The molecule has 3 heteroatoms. The molecule has 1 N–H and O–H groups in total. The zero-order valence-electron chi connectivity index (χ0n) is 12.7. The molecule has 2 atom stereocenters. The van der Waals surface area contributed by atoms with Crippen LogP contribution in [0.2, 0.25) is 0 Å². The Morgan fingerprint density at radius 2 is 2.00 bits per heavy atom. The topological polar surface area (TPSA) is 29.1 Å². The number of benzene rings is 1. The molecule has 1 amide bonds. The van der Waals surface area contributed by atoms with Crippen LogP contribution in [-0.4, -0.2) is 17.3 Å². The molecule has 0 saturated heterocycles. The summed E-state index contributed by atoms with van der Waals surface area (Å²) in [6.07, 6.45) is 6.34. The molecular formula is C18H24ClNO. The highest BCUT2D eigenvalue weighted by Crippen LogP contribution is 2.49. The quantitative estimate of drug-likeness (QED) is 0.836. The summed E-state index contributed by atoms with van der Waals surface area (Å²) in [5, 5.41) is 3.34. The van der Waals surface area contributed by atoms with Crippen LogP contribution < -0.4 is 5.32 Å². The number of carbonyl (C=O) groups excluding carboxylic acids is 1. The largest absolute Gasteiger partial charge is 0.349 e. The minimum atomic E-state index is -0.291. The summed E-state index contributed by atoms with van der Waals surface area (Å²) in [7, 11) is 0. The van der Waals surface area contributed by atoms with E-state index in [9.17, 15) is 4.79 Å². The molecule has 2 saturated carbocycles. The average Bonchev–Trinajstić information content (AvgIpc) is 3.30. The molecule has 0 aliphatic heterocycles. The summed E-state index contributed by atoms with van der Waals surface area (Å²) in [4.78, 5) is 12.9. The molecule has 2 unspecified atom stereocenters. The van der Waals surface area contributed by atoms with Crippen molar-refractivity contribution >= 4 is 17.5 Å². The number of carbonyl (C=O) groups is 1. The second-order valence-electron chi connectivity index (χ2n) is 7.02. The molecule has 2 aliphatic carbocycles. The second-order valence-corrected chi connectivity index (χ2v) is 7.29. The third kappa shape index (κ3) is 2.83. The third-order valence-electron chi connectivity index (χ3n) is 5.24. The molecule has 0 aromatic heterocycles. The van der Waals surface area contributed by atoms with Crippen LogP contribution in [0.5, 0.6) is 0 Å². The number of hydrogen-bond acceptors (Lipinski definition) is 1. The Labute approximate surface area is 132 Å². The van der Waals surface area contributed by atoms with Gasteiger partial charge in [-0.1, -0.05) is 50.1 Å². The van der Waals surface area contributed by atoms with Crippen molar-refractivity contribution in [3.8, 4) is 0 Å². The molecule has 0 radical (unpaired) electrons. The highest BCUT2D eigenvalue weighted by molar-refractivity contribution is 6.18. The maximum Gasteiger partial charge on any atom is 0.231 e. The molecule has 114 valence electrons. The zero-order chi connectivity index (χ0) is 14.9. The number of rotatable bonds is 4. The van der Waals surface area contributed by atoms with Crippen LogP contribution >= 0.6 is 11.6 Å². The molecular weight excluding hydrogens is 282 g/mol. The van der Waals surface area contributed by atoms with Gasteiger partial charge in [0.05, 0.1) is 11.0 Å². The minimum absolute atomic E-state index is 0.184. The Hall–Kier alpha value is -1.02. The van der Waals surface area contributed by atoms with Crippen LogP contribution in [0.4, 0.5) is 0 Å². The monoisotopic (exact) mass is 305 g/mol. The van der Waals surface area contributed by atoms with Crippen LogP contribution in [0.15, 0.2) is 30.3 Å². The Balaban J connectivity index is 1.77. The fraction of sp³-hybridized carbons (Fsp3) is 0.611. The van der Waals surface area contributed by atoms with Gasteiger partial charge in [-0.2, -0.15) is 0 Å². The van der Waals surface area contributed by atoms with Crippen molar-refractivity contribution in [2.24, 2.45) is 5.92 Å². The maximum absolute atomic E-state index is 12.9. The molecule has 0 spiro atoms. The fourth-order valence-electron chi connectivity index (χ4n) is 3.82. The number of alkyl halides is 1. The van der Waals surface area contributed by atoms with Gasteiger partial charge in [0.2, 0.25) is 5.91 Å². The molecule has 0 heterocycles. The SMILES string of the molecule is CC1CCCC(CCl)(NC(=O)C2(c3ccccc3)CC2)C1. The highest BCUT2D eigenvalue weighted by Gasteiger charge is 2.53. The van der Waals surface area contributed by atoms with Gasteiger partial charge in [0, 0.05) is 5.88 Å². The predicted octanol–water partition coefficient (Wildman–Crippen LogP) is 4.02. The van der Waals surface area contributed by atoms with Crippen LogP contribution in [0.1, 0.15) is 51.0 Å². The van der Waals surface area contributed by atoms with E-state index in [2.05, 4.69) is 24.4 Å². The first-order valence-corrected chi connectivity index (χ1v) is 8.58. The zero-order valence-corrected chi connectivity index (χ0v) is 13.5. The van der Waals surface area contributed by atoms with Gasteiger partial charge >= 0.3 is 0 Å². The lowest BCUT2D eigenvalue weighted by atomic mass is 9.77. The Morgan fingerprint density at radius 1 is 1.29 bits per heavy atom. The van der Waals surface area contributed by atoms with Crippen molar-refractivity contribution in [1.82, 2.24) is 5.32 Å². The summed E-state index contributed by atoms with van der Waals surface area (Å²) in [6, 6.07) is 10.2. The molecule has 2 fully saturated rings. The van der Waals surface area contributed by atoms with Crippen molar-refractivity contribution in [1.29, 1.82) is 0 Å². The lowest BCUT2D eigenvalue weighted by molar-refractivity contribution is -0.125. The smallest absolute Gasteiger partial charge is 0.231 e. The maximum atomic E-state index is 12.9. The minimum Gasteiger partial charge on any atom is -0.349 e. The van der Waals surface area contributed by atoms with Crippen LogP contribution in [0, 0.1) is 5.92 Å². The van der Waals surface area contributed by atoms with Gasteiger partial charge in [-0.25, -0.2) is 0 Å². The number of halogens is 1. The summed E-state index contributed by atoms with van der Waals surface area (Å²) < 4.78 is 0. The fourth-order valence-corrected chi connectivity index (χ4v) is 4.13. The first kappa shape index (κ1) is 14.9. The van der Waals surface area contributed by atoms with E-state index < -0.39 is 0 Å². The Kier molecular flexibility index (Phi) is 4.00. The van der Waals surface area contributed by atoms with E-state index in [0.29, 0.717) is 11.8 Å². The molecule has 2 nitrogen and oxygen atoms in total. The van der Waals surface area contributed by atoms with E-state index >= 15 is 0 Å². The number of amides is 1. The molecule has 3 rings (SSSR count). The van der Waals surface area contributed by atoms with Crippen molar-refractivity contribution in [2.45, 2.75) is 56.4 Å². The summed E-state index contributed by atoms with van der Waals surface area (Å²) in [5.74, 6) is 1.35. The molecule has 1 aromatic carbocycles. The van der Waals surface area contributed by atoms with Gasteiger partial charge < -0.3 is 5.32 Å². The normalized spacial score (nSPS) is 30.7. The third-order valence-corrected chi connectivity index (χ3v) is 5.75. The first-order valence-electron chi connectivity index (χ1n) is 8.04. The highest BCUT2D eigenvalue weighted by atomic mass is 35.5. The predicted molar refractivity (Wildman–Crippen MR) is 86.6 cm³/mol. The van der Waals surface area contributed by atoms with Gasteiger partial charge in [0.25, 0.3) is 0 Å². The van der Waals surface area contributed by atoms with Gasteiger partial charge in [-0.05, 0) is 37.2 Å². The summed E-state index contributed by atoms with van der Waals surface area (Å²) in [6.45, 7) is 2.26. The Bertz CT molecular complexity index is 511. The van der Waals surface area contributed by atoms with E-state index in [1.54, 1.807) is 0 Å². The van der Waals surface area contributed by atoms with E-state index in [0.717, 1.165) is 37.7 Å². The average molecular weight is 306 g/mol.